The molecule has 1 amide bonds. The van der Waals surface area contributed by atoms with Gasteiger partial charge < -0.3 is 10.4 Å². The van der Waals surface area contributed by atoms with Crippen molar-refractivity contribution in [3.63, 3.8) is 0 Å². The number of carbonyl (C=O) groups is 1. The third-order valence-corrected chi connectivity index (χ3v) is 6.69. The summed E-state index contributed by atoms with van der Waals surface area (Å²) < 4.78 is 39.3. The molecule has 0 aliphatic carbocycles. The van der Waals surface area contributed by atoms with Crippen molar-refractivity contribution < 1.29 is 23.1 Å². The van der Waals surface area contributed by atoms with Crippen LogP contribution in [-0.2, 0) is 11.0 Å². The molecule has 0 saturated carbocycles. The van der Waals surface area contributed by atoms with Crippen LogP contribution < -0.4 is 5.32 Å². The predicted molar refractivity (Wildman–Crippen MR) is 129 cm³/mol. The standard InChI is InChI=1S/C25H37F3N2O2S/c1-3-4-5-11-16-33-17-12-9-7-6-8-10-15-24(2,32)23(31)30-21-14-13-20(19-29)22(18-21)25(26,27)28/h13-14,18,32H,3-12,15-17H2,1-2H3,(H,30,31)/t24-/m0/s1. The molecule has 2 N–H and O–H groups in total. The van der Waals surface area contributed by atoms with Crippen LogP contribution in [-0.4, -0.2) is 28.1 Å². The summed E-state index contributed by atoms with van der Waals surface area (Å²) in [7, 11) is 0. The lowest BCUT2D eigenvalue weighted by atomic mass is 9.96. The van der Waals surface area contributed by atoms with Gasteiger partial charge in [-0.1, -0.05) is 58.3 Å². The highest BCUT2D eigenvalue weighted by Crippen LogP contribution is 2.33. The summed E-state index contributed by atoms with van der Waals surface area (Å²) in [6, 6.07) is 4.46. The van der Waals surface area contributed by atoms with E-state index >= 15 is 0 Å². The highest BCUT2D eigenvalue weighted by atomic mass is 32.2. The van der Waals surface area contributed by atoms with Crippen LogP contribution in [0.25, 0.3) is 0 Å². The zero-order valence-electron chi connectivity index (χ0n) is 19.8. The fourth-order valence-corrected chi connectivity index (χ4v) is 4.47. The highest BCUT2D eigenvalue weighted by Gasteiger charge is 2.35. The number of aliphatic hydroxyl groups is 1. The minimum Gasteiger partial charge on any atom is -0.380 e. The summed E-state index contributed by atoms with van der Waals surface area (Å²) in [5.74, 6) is 1.69. The van der Waals surface area contributed by atoms with Gasteiger partial charge in [-0.05, 0) is 55.9 Å². The van der Waals surface area contributed by atoms with Gasteiger partial charge in [0.2, 0.25) is 0 Å². The molecule has 1 aromatic rings. The lowest BCUT2D eigenvalue weighted by Gasteiger charge is -2.22. The highest BCUT2D eigenvalue weighted by molar-refractivity contribution is 7.99. The zero-order valence-corrected chi connectivity index (χ0v) is 20.6. The van der Waals surface area contributed by atoms with Gasteiger partial charge in [0.25, 0.3) is 5.91 Å². The Balaban J connectivity index is 2.28. The minimum absolute atomic E-state index is 0.102. The van der Waals surface area contributed by atoms with E-state index in [1.165, 1.54) is 69.1 Å². The van der Waals surface area contributed by atoms with Crippen LogP contribution >= 0.6 is 11.8 Å². The normalized spacial score (nSPS) is 13.4. The molecular formula is C25H37F3N2O2S. The topological polar surface area (TPSA) is 73.1 Å². The summed E-state index contributed by atoms with van der Waals surface area (Å²) in [5.41, 5.74) is -3.41. The molecular weight excluding hydrogens is 449 g/mol. The maximum atomic E-state index is 13.1. The maximum Gasteiger partial charge on any atom is 0.417 e. The number of anilines is 1. The molecule has 0 fully saturated rings. The first-order valence-corrected chi connectivity index (χ1v) is 13.0. The van der Waals surface area contributed by atoms with Gasteiger partial charge in [0.15, 0.2) is 0 Å². The first kappa shape index (κ1) is 29.3. The number of amides is 1. The molecule has 0 aromatic heterocycles. The second-order valence-corrected chi connectivity index (χ2v) is 9.87. The molecule has 0 bridgehead atoms. The summed E-state index contributed by atoms with van der Waals surface area (Å²) >= 11 is 2.03. The molecule has 1 atom stereocenters. The van der Waals surface area contributed by atoms with Crippen molar-refractivity contribution in [3.8, 4) is 6.07 Å². The Labute approximate surface area is 200 Å². The Bertz CT molecular complexity index is 761. The van der Waals surface area contributed by atoms with E-state index in [4.69, 9.17) is 5.26 Å². The molecule has 33 heavy (non-hydrogen) atoms. The monoisotopic (exact) mass is 486 g/mol. The van der Waals surface area contributed by atoms with Crippen LogP contribution in [0.2, 0.25) is 0 Å². The number of nitrogens with zero attached hydrogens (tertiary/aromatic N) is 1. The number of nitriles is 1. The molecule has 8 heteroatoms. The number of hydrogen-bond acceptors (Lipinski definition) is 4. The number of alkyl halides is 3. The van der Waals surface area contributed by atoms with Crippen molar-refractivity contribution in [1.29, 1.82) is 5.26 Å². The van der Waals surface area contributed by atoms with E-state index in [-0.39, 0.29) is 12.1 Å². The molecule has 186 valence electrons. The van der Waals surface area contributed by atoms with Crippen molar-refractivity contribution in [2.24, 2.45) is 0 Å². The van der Waals surface area contributed by atoms with E-state index in [1.54, 1.807) is 0 Å². The SMILES string of the molecule is CCCCCCSCCCCCCCC[C@](C)(O)C(=O)Nc1ccc(C#N)c(C(F)(F)F)c1. The quantitative estimate of drug-likeness (QED) is 0.240. The lowest BCUT2D eigenvalue weighted by molar-refractivity contribution is -0.138. The number of nitrogens with one attached hydrogen (secondary N) is 1. The summed E-state index contributed by atoms with van der Waals surface area (Å²) in [5, 5.41) is 21.7. The van der Waals surface area contributed by atoms with E-state index in [2.05, 4.69) is 12.2 Å². The van der Waals surface area contributed by atoms with Gasteiger partial charge >= 0.3 is 6.18 Å². The molecule has 0 saturated heterocycles. The van der Waals surface area contributed by atoms with Gasteiger partial charge in [-0.15, -0.1) is 0 Å². The van der Waals surface area contributed by atoms with E-state index < -0.39 is 28.8 Å². The van der Waals surface area contributed by atoms with E-state index in [0.29, 0.717) is 6.42 Å². The van der Waals surface area contributed by atoms with Gasteiger partial charge in [-0.25, -0.2) is 0 Å². The van der Waals surface area contributed by atoms with Crippen LogP contribution in [0.4, 0.5) is 18.9 Å². The van der Waals surface area contributed by atoms with Gasteiger partial charge in [0.05, 0.1) is 17.2 Å². The number of benzene rings is 1. The summed E-state index contributed by atoms with van der Waals surface area (Å²) in [6.45, 7) is 3.59. The van der Waals surface area contributed by atoms with Crippen molar-refractivity contribution in [2.45, 2.75) is 96.3 Å². The Kier molecular flexibility index (Phi) is 13.5. The van der Waals surface area contributed by atoms with E-state index in [1.807, 2.05) is 11.8 Å². The second-order valence-electron chi connectivity index (χ2n) is 8.64. The van der Waals surface area contributed by atoms with Crippen LogP contribution in [0.15, 0.2) is 18.2 Å². The number of unbranched alkanes of at least 4 members (excludes halogenated alkanes) is 8. The molecule has 0 aliphatic rings. The van der Waals surface area contributed by atoms with Crippen molar-refractivity contribution in [3.05, 3.63) is 29.3 Å². The third kappa shape index (κ3) is 11.8. The predicted octanol–water partition coefficient (Wildman–Crippen LogP) is 7.31. The van der Waals surface area contributed by atoms with Crippen LogP contribution in [0.1, 0.15) is 95.6 Å². The van der Waals surface area contributed by atoms with Crippen LogP contribution in [0, 0.1) is 11.3 Å². The Hall–Kier alpha value is -1.72. The van der Waals surface area contributed by atoms with Crippen molar-refractivity contribution >= 4 is 23.4 Å². The fraction of sp³-hybridized carbons (Fsp3) is 0.680. The number of hydrogen-bond donors (Lipinski definition) is 2. The average Bonchev–Trinajstić information content (AvgIpc) is 2.76. The molecule has 0 heterocycles. The maximum absolute atomic E-state index is 13.1. The smallest absolute Gasteiger partial charge is 0.380 e. The molecule has 0 spiro atoms. The van der Waals surface area contributed by atoms with Crippen LogP contribution in [0.5, 0.6) is 0 Å². The van der Waals surface area contributed by atoms with Gasteiger partial charge in [-0.3, -0.25) is 4.79 Å². The summed E-state index contributed by atoms with van der Waals surface area (Å²) in [6.07, 6.45) is 6.84. The van der Waals surface area contributed by atoms with Gasteiger partial charge in [0.1, 0.15) is 5.60 Å². The Morgan fingerprint density at radius 3 is 2.18 bits per heavy atom. The Morgan fingerprint density at radius 1 is 1.03 bits per heavy atom. The molecule has 1 aromatic carbocycles. The van der Waals surface area contributed by atoms with Crippen molar-refractivity contribution in [2.75, 3.05) is 16.8 Å². The van der Waals surface area contributed by atoms with E-state index in [0.717, 1.165) is 31.4 Å². The van der Waals surface area contributed by atoms with E-state index in [9.17, 15) is 23.1 Å². The fourth-order valence-electron chi connectivity index (χ4n) is 3.45. The summed E-state index contributed by atoms with van der Waals surface area (Å²) in [4.78, 5) is 12.4. The average molecular weight is 487 g/mol. The van der Waals surface area contributed by atoms with Gasteiger partial charge in [-0.2, -0.15) is 30.2 Å². The zero-order chi connectivity index (χ0) is 24.7. The third-order valence-electron chi connectivity index (χ3n) is 5.54. The molecule has 0 unspecified atom stereocenters. The van der Waals surface area contributed by atoms with Gasteiger partial charge in [0, 0.05) is 5.69 Å². The minimum atomic E-state index is -4.71. The number of carbonyl (C=O) groups excluding carboxylic acids is 1. The molecule has 1 rings (SSSR count). The number of rotatable bonds is 16. The van der Waals surface area contributed by atoms with Crippen molar-refractivity contribution in [1.82, 2.24) is 0 Å². The first-order chi connectivity index (χ1) is 15.6. The second kappa shape index (κ2) is 15.2. The lowest BCUT2D eigenvalue weighted by Crippen LogP contribution is -2.40. The van der Waals surface area contributed by atoms with Crippen LogP contribution in [0.3, 0.4) is 0 Å². The number of halogens is 3. The molecule has 0 radical (unpaired) electrons. The molecule has 4 nitrogen and oxygen atoms in total. The number of thioether (sulfide) groups is 1. The largest absolute Gasteiger partial charge is 0.417 e. The first-order valence-electron chi connectivity index (χ1n) is 11.8. The molecule has 0 aliphatic heterocycles. The Morgan fingerprint density at radius 2 is 1.61 bits per heavy atom.